The summed E-state index contributed by atoms with van der Waals surface area (Å²) in [5.41, 5.74) is 7.87. The van der Waals surface area contributed by atoms with E-state index in [1.54, 1.807) is 18.5 Å². The second kappa shape index (κ2) is 10.6. The molecule has 0 atom stereocenters. The average molecular weight is 484 g/mol. The topological polar surface area (TPSA) is 113 Å². The molecule has 0 amide bonds. The first-order chi connectivity index (χ1) is 16.9. The predicted octanol–water partition coefficient (Wildman–Crippen LogP) is 3.19. The largest absolute Gasteiger partial charge is 0.490 e. The van der Waals surface area contributed by atoms with Gasteiger partial charge in [-0.2, -0.15) is 14.2 Å². The smallest absolute Gasteiger partial charge is 0.202 e. The highest BCUT2D eigenvalue weighted by Crippen LogP contribution is 2.31. The summed E-state index contributed by atoms with van der Waals surface area (Å²) in [5, 5.41) is 15.9. The maximum Gasteiger partial charge on any atom is 0.202 e. The van der Waals surface area contributed by atoms with Gasteiger partial charge in [-0.3, -0.25) is 4.68 Å². The molecular formula is C23H27F2N9O. The number of tetrazole rings is 1. The van der Waals surface area contributed by atoms with Crippen LogP contribution < -0.4 is 10.5 Å². The van der Waals surface area contributed by atoms with Crippen LogP contribution in [0.15, 0.2) is 36.8 Å². The molecule has 0 aliphatic heterocycles. The number of nitrogens with zero attached hydrogens (tertiary/aromatic N) is 8. The van der Waals surface area contributed by atoms with Crippen LogP contribution in [0.5, 0.6) is 5.75 Å². The molecule has 1 aromatic carbocycles. The Morgan fingerprint density at radius 2 is 1.94 bits per heavy atom. The number of aryl methyl sites for hydroxylation is 1. The van der Waals surface area contributed by atoms with E-state index < -0.39 is 11.6 Å². The number of nitrogens with two attached hydrogens (primary N) is 1. The van der Waals surface area contributed by atoms with Gasteiger partial charge in [-0.05, 0) is 55.6 Å². The molecule has 0 unspecified atom stereocenters. The summed E-state index contributed by atoms with van der Waals surface area (Å²) in [7, 11) is 3.85. The van der Waals surface area contributed by atoms with Gasteiger partial charge in [0.25, 0.3) is 0 Å². The Bertz CT molecular complexity index is 1300. The number of benzene rings is 1. The summed E-state index contributed by atoms with van der Waals surface area (Å²) in [4.78, 5) is 6.23. The van der Waals surface area contributed by atoms with Gasteiger partial charge in [0.15, 0.2) is 17.4 Å². The highest BCUT2D eigenvalue weighted by atomic mass is 19.2. The summed E-state index contributed by atoms with van der Waals surface area (Å²) >= 11 is 0. The first-order valence-electron chi connectivity index (χ1n) is 11.2. The first-order valence-corrected chi connectivity index (χ1v) is 11.2. The molecule has 3 aromatic heterocycles. The molecule has 10 nitrogen and oxygen atoms in total. The van der Waals surface area contributed by atoms with Gasteiger partial charge in [0.2, 0.25) is 5.82 Å². The SMILES string of the molecule is CCCn1cc(-c2cnc(N)c(-c3nnnn3-c3ccc(OCCCN(C)C)c(F)c3F)c2)cn1. The Morgan fingerprint density at radius 1 is 1.11 bits per heavy atom. The van der Waals surface area contributed by atoms with Crippen LogP contribution in [0.1, 0.15) is 19.8 Å². The molecule has 2 N–H and O–H groups in total. The maximum absolute atomic E-state index is 15.0. The quantitative estimate of drug-likeness (QED) is 0.342. The van der Waals surface area contributed by atoms with Crippen molar-refractivity contribution in [3.63, 3.8) is 0 Å². The van der Waals surface area contributed by atoms with Gasteiger partial charge in [-0.1, -0.05) is 6.92 Å². The fourth-order valence-corrected chi connectivity index (χ4v) is 3.55. The number of hydrogen-bond acceptors (Lipinski definition) is 8. The van der Waals surface area contributed by atoms with Crippen molar-refractivity contribution in [1.29, 1.82) is 0 Å². The van der Waals surface area contributed by atoms with Crippen LogP contribution in [0.2, 0.25) is 0 Å². The molecule has 4 aromatic rings. The maximum atomic E-state index is 15.0. The van der Waals surface area contributed by atoms with Crippen LogP contribution in [-0.2, 0) is 6.54 Å². The second-order valence-electron chi connectivity index (χ2n) is 8.28. The third kappa shape index (κ3) is 5.27. The van der Waals surface area contributed by atoms with E-state index in [9.17, 15) is 4.39 Å². The zero-order valence-electron chi connectivity index (χ0n) is 19.8. The van der Waals surface area contributed by atoms with Crippen molar-refractivity contribution in [2.45, 2.75) is 26.3 Å². The molecular weight excluding hydrogens is 456 g/mol. The van der Waals surface area contributed by atoms with Gasteiger partial charge >= 0.3 is 0 Å². The lowest BCUT2D eigenvalue weighted by Gasteiger charge is -2.13. The monoisotopic (exact) mass is 483 g/mol. The van der Waals surface area contributed by atoms with E-state index in [-0.39, 0.29) is 29.7 Å². The van der Waals surface area contributed by atoms with Crippen molar-refractivity contribution >= 4 is 5.82 Å². The number of pyridine rings is 1. The summed E-state index contributed by atoms with van der Waals surface area (Å²) in [6.07, 6.45) is 6.86. The van der Waals surface area contributed by atoms with Crippen LogP contribution >= 0.6 is 0 Å². The van der Waals surface area contributed by atoms with Gasteiger partial charge in [-0.15, -0.1) is 5.10 Å². The molecule has 35 heavy (non-hydrogen) atoms. The molecule has 3 heterocycles. The van der Waals surface area contributed by atoms with Crippen LogP contribution in [0.4, 0.5) is 14.6 Å². The fourth-order valence-electron chi connectivity index (χ4n) is 3.55. The van der Waals surface area contributed by atoms with Crippen LogP contribution in [0.25, 0.3) is 28.2 Å². The van der Waals surface area contributed by atoms with Gasteiger partial charge in [0, 0.05) is 36.6 Å². The van der Waals surface area contributed by atoms with Gasteiger partial charge in [0.05, 0.1) is 18.4 Å². The van der Waals surface area contributed by atoms with Crippen molar-refractivity contribution in [1.82, 2.24) is 39.9 Å². The molecule has 12 heteroatoms. The van der Waals surface area contributed by atoms with E-state index in [4.69, 9.17) is 10.5 Å². The summed E-state index contributed by atoms with van der Waals surface area (Å²) in [5.74, 6) is -2.15. The van der Waals surface area contributed by atoms with E-state index in [0.717, 1.165) is 35.3 Å². The highest BCUT2D eigenvalue weighted by molar-refractivity contribution is 5.76. The predicted molar refractivity (Wildman–Crippen MR) is 127 cm³/mol. The van der Waals surface area contributed by atoms with Gasteiger partial charge in [-0.25, -0.2) is 9.37 Å². The standard InChI is InChI=1S/C23H27F2N9O/c1-4-8-33-14-16(13-28-33)15-11-17(22(26)27-12-15)23-29-30-31-34(23)18-6-7-19(21(25)20(18)24)35-10-5-9-32(2)3/h6-7,11-14H,4-5,8-10H2,1-3H3,(H2,26,27). The molecule has 0 fully saturated rings. The van der Waals surface area contributed by atoms with E-state index in [1.165, 1.54) is 12.1 Å². The van der Waals surface area contributed by atoms with E-state index in [1.807, 2.05) is 29.9 Å². The number of aromatic nitrogens is 7. The van der Waals surface area contributed by atoms with Crippen LogP contribution in [0, 0.1) is 11.6 Å². The minimum Gasteiger partial charge on any atom is -0.490 e. The zero-order chi connectivity index (χ0) is 24.9. The number of ether oxygens (including phenoxy) is 1. The molecule has 0 bridgehead atoms. The Balaban J connectivity index is 1.64. The molecule has 184 valence electrons. The molecule has 0 aliphatic rings. The lowest BCUT2D eigenvalue weighted by Crippen LogP contribution is -2.16. The Morgan fingerprint density at radius 3 is 2.71 bits per heavy atom. The lowest BCUT2D eigenvalue weighted by atomic mass is 10.1. The number of nitrogen functional groups attached to an aromatic ring is 1. The van der Waals surface area contributed by atoms with Crippen LogP contribution in [-0.4, -0.2) is 67.1 Å². The highest BCUT2D eigenvalue weighted by Gasteiger charge is 2.22. The van der Waals surface area contributed by atoms with Crippen molar-refractivity contribution in [3.05, 3.63) is 48.4 Å². The summed E-state index contributed by atoms with van der Waals surface area (Å²) < 4.78 is 38.1. The molecule has 0 saturated heterocycles. The van der Waals surface area contributed by atoms with E-state index >= 15 is 4.39 Å². The summed E-state index contributed by atoms with van der Waals surface area (Å²) in [6.45, 7) is 3.88. The van der Waals surface area contributed by atoms with Crippen molar-refractivity contribution in [3.8, 4) is 34.0 Å². The van der Waals surface area contributed by atoms with Crippen molar-refractivity contribution in [2.75, 3.05) is 33.0 Å². The molecule has 0 spiro atoms. The molecule has 0 aliphatic carbocycles. The first kappa shape index (κ1) is 24.2. The zero-order valence-corrected chi connectivity index (χ0v) is 19.8. The van der Waals surface area contributed by atoms with E-state index in [0.29, 0.717) is 12.0 Å². The van der Waals surface area contributed by atoms with Crippen LogP contribution in [0.3, 0.4) is 0 Å². The summed E-state index contributed by atoms with van der Waals surface area (Å²) in [6, 6.07) is 4.46. The Hall–Kier alpha value is -3.93. The molecule has 4 rings (SSSR count). The van der Waals surface area contributed by atoms with Crippen molar-refractivity contribution in [2.24, 2.45) is 0 Å². The minimum atomic E-state index is -1.13. The third-order valence-corrected chi connectivity index (χ3v) is 5.31. The second-order valence-corrected chi connectivity index (χ2v) is 8.28. The van der Waals surface area contributed by atoms with Gasteiger partial charge in [0.1, 0.15) is 11.5 Å². The molecule has 0 radical (unpaired) electrons. The van der Waals surface area contributed by atoms with Gasteiger partial charge < -0.3 is 15.4 Å². The lowest BCUT2D eigenvalue weighted by molar-refractivity contribution is 0.267. The number of hydrogen-bond donors (Lipinski definition) is 1. The fraction of sp³-hybridized carbons (Fsp3) is 0.348. The normalized spacial score (nSPS) is 11.4. The third-order valence-electron chi connectivity index (χ3n) is 5.31. The Kier molecular flexibility index (Phi) is 7.30. The number of rotatable bonds is 10. The average Bonchev–Trinajstić information content (AvgIpc) is 3.50. The molecule has 0 saturated carbocycles. The number of anilines is 1. The number of halogens is 2. The van der Waals surface area contributed by atoms with Crippen molar-refractivity contribution < 1.29 is 13.5 Å². The Labute approximate surface area is 201 Å². The van der Waals surface area contributed by atoms with E-state index in [2.05, 4.69) is 32.5 Å². The minimum absolute atomic E-state index is 0.121.